The predicted octanol–water partition coefficient (Wildman–Crippen LogP) is 5.13. The number of nitrogens with two attached hydrogens (primary N) is 1. The Bertz CT molecular complexity index is 391. The third kappa shape index (κ3) is 12.0. The van der Waals surface area contributed by atoms with Crippen molar-refractivity contribution in [3.05, 3.63) is 0 Å². The molecule has 0 aromatic carbocycles. The first-order valence-corrected chi connectivity index (χ1v) is 9.99. The van der Waals surface area contributed by atoms with E-state index in [1.54, 1.807) is 0 Å². The molecule has 0 bridgehead atoms. The highest BCUT2D eigenvalue weighted by Gasteiger charge is 2.35. The van der Waals surface area contributed by atoms with Crippen LogP contribution in [0.4, 0.5) is 0 Å². The minimum atomic E-state index is -0.704. The van der Waals surface area contributed by atoms with Gasteiger partial charge in [0.05, 0.1) is 12.2 Å². The Balaban J connectivity index is 4.76. The van der Waals surface area contributed by atoms with Gasteiger partial charge in [-0.2, -0.15) is 0 Å². The van der Waals surface area contributed by atoms with Gasteiger partial charge in [-0.15, -0.1) is 0 Å². The van der Waals surface area contributed by atoms with Crippen molar-refractivity contribution in [2.75, 3.05) is 0 Å². The molecule has 0 fully saturated rings. The summed E-state index contributed by atoms with van der Waals surface area (Å²) in [4.78, 5) is 0. The van der Waals surface area contributed by atoms with Crippen molar-refractivity contribution in [1.29, 1.82) is 0 Å². The minimum absolute atomic E-state index is 0.00390. The zero-order chi connectivity index (χ0) is 20.3. The lowest BCUT2D eigenvalue weighted by Gasteiger charge is -2.39. The van der Waals surface area contributed by atoms with Gasteiger partial charge in [-0.3, -0.25) is 0 Å². The minimum Gasteiger partial charge on any atom is -0.390 e. The van der Waals surface area contributed by atoms with Gasteiger partial charge < -0.3 is 15.9 Å². The number of hydrogen-bond donors (Lipinski definition) is 3. The Morgan fingerprint density at radius 3 is 1.28 bits per heavy atom. The first kappa shape index (κ1) is 24.9. The molecule has 0 aromatic heterocycles. The van der Waals surface area contributed by atoms with E-state index in [2.05, 4.69) is 55.4 Å². The molecule has 0 aliphatic heterocycles. The predicted molar refractivity (Wildman–Crippen MR) is 110 cm³/mol. The van der Waals surface area contributed by atoms with E-state index in [0.717, 1.165) is 12.8 Å². The second-order valence-corrected chi connectivity index (χ2v) is 12.0. The Morgan fingerprint density at radius 1 is 0.640 bits per heavy atom. The molecule has 0 saturated heterocycles. The van der Waals surface area contributed by atoms with E-state index in [0.29, 0.717) is 18.8 Å². The van der Waals surface area contributed by atoms with Gasteiger partial charge in [-0.25, -0.2) is 0 Å². The summed E-state index contributed by atoms with van der Waals surface area (Å²) < 4.78 is 0. The fraction of sp³-hybridized carbons (Fsp3) is 1.00. The number of aliphatic hydroxyl groups excluding tert-OH is 2. The van der Waals surface area contributed by atoms with Crippen LogP contribution in [0.3, 0.4) is 0 Å². The van der Waals surface area contributed by atoms with Gasteiger partial charge in [-0.1, -0.05) is 55.4 Å². The average Bonchev–Trinajstić information content (AvgIpc) is 2.18. The second kappa shape index (κ2) is 8.71. The van der Waals surface area contributed by atoms with Gasteiger partial charge in [-0.05, 0) is 68.1 Å². The standard InChI is InChI=1S/C22H47NO2/c1-16(2)11-19(3,4)14-20(5,6)12-17(24)18(25)13-21(7,8)15-22(9,10)23/h16-18,24-25H,11-15,23H2,1-10H3. The Hall–Kier alpha value is -0.120. The molecule has 0 saturated carbocycles. The van der Waals surface area contributed by atoms with Gasteiger partial charge >= 0.3 is 0 Å². The summed E-state index contributed by atoms with van der Waals surface area (Å²) in [5.74, 6) is 0.668. The van der Waals surface area contributed by atoms with Crippen molar-refractivity contribution in [2.45, 2.75) is 119 Å². The van der Waals surface area contributed by atoms with Crippen molar-refractivity contribution in [2.24, 2.45) is 27.9 Å². The Kier molecular flexibility index (Phi) is 8.67. The van der Waals surface area contributed by atoms with Crippen LogP contribution >= 0.6 is 0 Å². The summed E-state index contributed by atoms with van der Waals surface area (Å²) in [5, 5.41) is 21.2. The topological polar surface area (TPSA) is 66.5 Å². The van der Waals surface area contributed by atoms with Crippen LogP contribution in [0, 0.1) is 22.2 Å². The highest BCUT2D eigenvalue weighted by atomic mass is 16.3. The number of rotatable bonds is 11. The molecule has 3 nitrogen and oxygen atoms in total. The van der Waals surface area contributed by atoms with E-state index >= 15 is 0 Å². The number of aliphatic hydroxyl groups is 2. The van der Waals surface area contributed by atoms with Gasteiger partial charge in [0.2, 0.25) is 0 Å². The molecule has 25 heavy (non-hydrogen) atoms. The SMILES string of the molecule is CC(C)CC(C)(C)CC(C)(C)CC(O)C(O)CC(C)(C)CC(C)(C)N. The van der Waals surface area contributed by atoms with Crippen molar-refractivity contribution < 1.29 is 10.2 Å². The van der Waals surface area contributed by atoms with Crippen molar-refractivity contribution in [3.8, 4) is 0 Å². The van der Waals surface area contributed by atoms with Crippen molar-refractivity contribution in [1.82, 2.24) is 0 Å². The maximum atomic E-state index is 10.6. The highest BCUT2D eigenvalue weighted by Crippen LogP contribution is 2.41. The molecule has 3 heteroatoms. The molecule has 2 unspecified atom stereocenters. The fourth-order valence-corrected chi connectivity index (χ4v) is 5.25. The molecular formula is C22H47NO2. The van der Waals surface area contributed by atoms with E-state index in [1.807, 2.05) is 13.8 Å². The summed E-state index contributed by atoms with van der Waals surface area (Å²) in [7, 11) is 0. The zero-order valence-electron chi connectivity index (χ0n) is 18.7. The first-order valence-electron chi connectivity index (χ1n) is 9.99. The zero-order valence-corrected chi connectivity index (χ0v) is 18.7. The normalized spacial score (nSPS) is 17.0. The monoisotopic (exact) mass is 357 g/mol. The van der Waals surface area contributed by atoms with E-state index in [-0.39, 0.29) is 21.8 Å². The second-order valence-electron chi connectivity index (χ2n) is 12.0. The van der Waals surface area contributed by atoms with Gasteiger partial charge in [0.15, 0.2) is 0 Å². The Morgan fingerprint density at radius 2 is 0.960 bits per heavy atom. The van der Waals surface area contributed by atoms with Gasteiger partial charge in [0, 0.05) is 5.54 Å². The summed E-state index contributed by atoms with van der Waals surface area (Å²) >= 11 is 0. The summed E-state index contributed by atoms with van der Waals surface area (Å²) in [6.07, 6.45) is 2.83. The van der Waals surface area contributed by atoms with Crippen LogP contribution in [-0.4, -0.2) is 28.0 Å². The molecule has 0 heterocycles. The fourth-order valence-electron chi connectivity index (χ4n) is 5.25. The van der Waals surface area contributed by atoms with Gasteiger partial charge in [0.25, 0.3) is 0 Å². The van der Waals surface area contributed by atoms with E-state index in [4.69, 9.17) is 5.73 Å². The maximum absolute atomic E-state index is 10.6. The lowest BCUT2D eigenvalue weighted by Crippen LogP contribution is -2.41. The van der Waals surface area contributed by atoms with Crippen molar-refractivity contribution >= 4 is 0 Å². The quantitative estimate of drug-likeness (QED) is 0.480. The molecule has 0 aromatic rings. The molecule has 0 spiro atoms. The van der Waals surface area contributed by atoms with Crippen LogP contribution in [0.15, 0.2) is 0 Å². The summed E-state index contributed by atoms with van der Waals surface area (Å²) in [5.41, 5.74) is 6.01. The van der Waals surface area contributed by atoms with Crippen LogP contribution in [0.1, 0.15) is 101 Å². The molecule has 152 valence electrons. The van der Waals surface area contributed by atoms with Crippen LogP contribution < -0.4 is 5.73 Å². The van der Waals surface area contributed by atoms with E-state index < -0.39 is 12.2 Å². The lowest BCUT2D eigenvalue weighted by molar-refractivity contribution is -0.0363. The highest BCUT2D eigenvalue weighted by molar-refractivity contribution is 4.88. The van der Waals surface area contributed by atoms with E-state index in [1.165, 1.54) is 6.42 Å². The molecule has 0 aliphatic carbocycles. The average molecular weight is 358 g/mol. The third-order valence-corrected chi connectivity index (χ3v) is 4.82. The number of hydrogen-bond acceptors (Lipinski definition) is 3. The van der Waals surface area contributed by atoms with Crippen LogP contribution in [0.2, 0.25) is 0 Å². The molecule has 4 N–H and O–H groups in total. The Labute approximate surface area is 157 Å². The largest absolute Gasteiger partial charge is 0.390 e. The molecule has 0 aliphatic rings. The van der Waals surface area contributed by atoms with E-state index in [9.17, 15) is 10.2 Å². The third-order valence-electron chi connectivity index (χ3n) is 4.82. The molecule has 2 atom stereocenters. The summed E-state index contributed by atoms with van der Waals surface area (Å²) in [6.45, 7) is 21.8. The molecule has 0 amide bonds. The van der Waals surface area contributed by atoms with Crippen LogP contribution in [0.5, 0.6) is 0 Å². The summed E-state index contributed by atoms with van der Waals surface area (Å²) in [6, 6.07) is 0. The van der Waals surface area contributed by atoms with Crippen LogP contribution in [0.25, 0.3) is 0 Å². The maximum Gasteiger partial charge on any atom is 0.0804 e. The molecule has 0 radical (unpaired) electrons. The van der Waals surface area contributed by atoms with Crippen LogP contribution in [-0.2, 0) is 0 Å². The molecule has 0 rings (SSSR count). The first-order chi connectivity index (χ1) is 10.8. The molecular weight excluding hydrogens is 310 g/mol. The van der Waals surface area contributed by atoms with Crippen molar-refractivity contribution in [3.63, 3.8) is 0 Å². The smallest absolute Gasteiger partial charge is 0.0804 e. The van der Waals surface area contributed by atoms with Gasteiger partial charge in [0.1, 0.15) is 0 Å². The lowest BCUT2D eigenvalue weighted by atomic mass is 9.68.